The summed E-state index contributed by atoms with van der Waals surface area (Å²) < 4.78 is 28.8. The van der Waals surface area contributed by atoms with Gasteiger partial charge in [-0.2, -0.15) is 8.42 Å². The van der Waals surface area contributed by atoms with Crippen LogP contribution in [0.3, 0.4) is 0 Å². The SMILES string of the molecule is CCCCCC[C@@H](O)C[C@H](O)COS(=O)(=O)c1ccc(C)cc1. The molecule has 1 aromatic carbocycles. The van der Waals surface area contributed by atoms with E-state index < -0.39 is 22.3 Å². The minimum absolute atomic E-state index is 0.0652. The van der Waals surface area contributed by atoms with E-state index in [0.717, 1.165) is 31.2 Å². The van der Waals surface area contributed by atoms with E-state index >= 15 is 0 Å². The number of benzene rings is 1. The molecule has 0 bridgehead atoms. The molecule has 2 atom stereocenters. The van der Waals surface area contributed by atoms with Crippen molar-refractivity contribution in [2.24, 2.45) is 0 Å². The summed E-state index contributed by atoms with van der Waals surface area (Å²) in [5, 5.41) is 19.7. The molecule has 0 heterocycles. The number of aliphatic hydroxyl groups is 2. The van der Waals surface area contributed by atoms with Crippen molar-refractivity contribution < 1.29 is 22.8 Å². The first-order valence-electron chi connectivity index (χ1n) is 8.17. The quantitative estimate of drug-likeness (QED) is 0.476. The van der Waals surface area contributed by atoms with E-state index in [-0.39, 0.29) is 17.9 Å². The number of hydrogen-bond donors (Lipinski definition) is 2. The monoisotopic (exact) mass is 344 g/mol. The lowest BCUT2D eigenvalue weighted by atomic mass is 10.0. The van der Waals surface area contributed by atoms with Gasteiger partial charge in [0.05, 0.1) is 23.7 Å². The van der Waals surface area contributed by atoms with Crippen LogP contribution in [0.1, 0.15) is 51.0 Å². The van der Waals surface area contributed by atoms with Crippen molar-refractivity contribution in [3.05, 3.63) is 29.8 Å². The summed E-state index contributed by atoms with van der Waals surface area (Å²) in [5.41, 5.74) is 0.954. The third-order valence-corrected chi connectivity index (χ3v) is 4.96. The summed E-state index contributed by atoms with van der Waals surface area (Å²) in [5.74, 6) is 0. The van der Waals surface area contributed by atoms with Crippen molar-refractivity contribution in [2.45, 2.75) is 69.5 Å². The summed E-state index contributed by atoms with van der Waals surface area (Å²) in [6.45, 7) is 3.64. The molecule has 0 aliphatic rings. The molecule has 0 aliphatic carbocycles. The molecule has 0 spiro atoms. The molecule has 5 nitrogen and oxygen atoms in total. The lowest BCUT2D eigenvalue weighted by Gasteiger charge is -2.15. The molecule has 2 N–H and O–H groups in total. The van der Waals surface area contributed by atoms with Gasteiger partial charge in [-0.05, 0) is 25.5 Å². The Morgan fingerprint density at radius 2 is 1.70 bits per heavy atom. The van der Waals surface area contributed by atoms with Gasteiger partial charge in [0.1, 0.15) is 0 Å². The van der Waals surface area contributed by atoms with Crippen LogP contribution in [-0.4, -0.2) is 37.4 Å². The van der Waals surface area contributed by atoms with Gasteiger partial charge < -0.3 is 10.2 Å². The predicted molar refractivity (Wildman–Crippen MR) is 89.7 cm³/mol. The molecule has 0 saturated heterocycles. The predicted octanol–water partition coefficient (Wildman–Crippen LogP) is 2.78. The van der Waals surface area contributed by atoms with Gasteiger partial charge in [0.2, 0.25) is 0 Å². The minimum atomic E-state index is -3.87. The first-order chi connectivity index (χ1) is 10.8. The highest BCUT2D eigenvalue weighted by atomic mass is 32.2. The Bertz CT molecular complexity index is 539. The van der Waals surface area contributed by atoms with Gasteiger partial charge >= 0.3 is 0 Å². The Kier molecular flexibility index (Phi) is 8.76. The maximum absolute atomic E-state index is 12.0. The molecule has 132 valence electrons. The van der Waals surface area contributed by atoms with Crippen LogP contribution < -0.4 is 0 Å². The second-order valence-corrected chi connectivity index (χ2v) is 7.56. The molecule has 6 heteroatoms. The van der Waals surface area contributed by atoms with Crippen molar-refractivity contribution in [3.8, 4) is 0 Å². The van der Waals surface area contributed by atoms with Crippen LogP contribution >= 0.6 is 0 Å². The van der Waals surface area contributed by atoms with Gasteiger partial charge in [0.25, 0.3) is 10.1 Å². The van der Waals surface area contributed by atoms with E-state index in [1.165, 1.54) is 12.1 Å². The van der Waals surface area contributed by atoms with Crippen LogP contribution in [0.4, 0.5) is 0 Å². The standard InChI is InChI=1S/C17H28O5S/c1-3-4-5-6-7-15(18)12-16(19)13-22-23(20,21)17-10-8-14(2)9-11-17/h8-11,15-16,18-19H,3-7,12-13H2,1-2H3/t15-,16+/m1/s1. The molecule has 0 radical (unpaired) electrons. The third kappa shape index (κ3) is 7.92. The molecule has 1 aromatic rings. The normalized spacial score (nSPS) is 14.6. The summed E-state index contributed by atoms with van der Waals surface area (Å²) in [4.78, 5) is 0.0652. The molecule has 0 fully saturated rings. The lowest BCUT2D eigenvalue weighted by molar-refractivity contribution is 0.0463. The molecule has 1 rings (SSSR count). The topological polar surface area (TPSA) is 83.8 Å². The van der Waals surface area contributed by atoms with Gasteiger partial charge in [-0.1, -0.05) is 50.3 Å². The highest BCUT2D eigenvalue weighted by molar-refractivity contribution is 7.86. The van der Waals surface area contributed by atoms with Crippen LogP contribution in [0.5, 0.6) is 0 Å². The van der Waals surface area contributed by atoms with Crippen LogP contribution in [0, 0.1) is 6.92 Å². The van der Waals surface area contributed by atoms with E-state index in [9.17, 15) is 18.6 Å². The Hall–Kier alpha value is -0.950. The van der Waals surface area contributed by atoms with Gasteiger partial charge in [-0.25, -0.2) is 0 Å². The minimum Gasteiger partial charge on any atom is -0.393 e. The van der Waals surface area contributed by atoms with Crippen molar-refractivity contribution >= 4 is 10.1 Å². The van der Waals surface area contributed by atoms with Crippen molar-refractivity contribution in [3.63, 3.8) is 0 Å². The summed E-state index contributed by atoms with van der Waals surface area (Å²) in [6.07, 6.45) is 3.32. The first-order valence-corrected chi connectivity index (χ1v) is 9.58. The van der Waals surface area contributed by atoms with Gasteiger partial charge in [0.15, 0.2) is 0 Å². The fourth-order valence-electron chi connectivity index (χ4n) is 2.25. The summed E-state index contributed by atoms with van der Waals surface area (Å²) >= 11 is 0. The van der Waals surface area contributed by atoms with E-state index in [0.29, 0.717) is 6.42 Å². The maximum Gasteiger partial charge on any atom is 0.297 e. The molecular formula is C17H28O5S. The summed E-state index contributed by atoms with van der Waals surface area (Å²) in [6, 6.07) is 6.32. The van der Waals surface area contributed by atoms with Crippen molar-refractivity contribution in [2.75, 3.05) is 6.61 Å². The van der Waals surface area contributed by atoms with Crippen molar-refractivity contribution in [1.29, 1.82) is 0 Å². The fraction of sp³-hybridized carbons (Fsp3) is 0.647. The number of hydrogen-bond acceptors (Lipinski definition) is 5. The second-order valence-electron chi connectivity index (χ2n) is 5.94. The van der Waals surface area contributed by atoms with Gasteiger partial charge in [-0.3, -0.25) is 4.18 Å². The number of aryl methyl sites for hydroxylation is 1. The average molecular weight is 344 g/mol. The zero-order valence-corrected chi connectivity index (χ0v) is 14.8. The Morgan fingerprint density at radius 3 is 2.30 bits per heavy atom. The van der Waals surface area contributed by atoms with Gasteiger partial charge in [0, 0.05) is 6.42 Å². The van der Waals surface area contributed by atoms with E-state index in [4.69, 9.17) is 4.18 Å². The number of aliphatic hydroxyl groups excluding tert-OH is 2. The third-order valence-electron chi connectivity index (χ3n) is 3.66. The molecule has 0 aromatic heterocycles. The average Bonchev–Trinajstić information content (AvgIpc) is 2.50. The number of rotatable bonds is 11. The lowest BCUT2D eigenvalue weighted by Crippen LogP contribution is -2.24. The zero-order chi connectivity index (χ0) is 17.3. The largest absolute Gasteiger partial charge is 0.393 e. The van der Waals surface area contributed by atoms with E-state index in [1.54, 1.807) is 12.1 Å². The first kappa shape index (κ1) is 20.1. The van der Waals surface area contributed by atoms with E-state index in [2.05, 4.69) is 6.92 Å². The number of unbranched alkanes of at least 4 members (excludes halogenated alkanes) is 3. The highest BCUT2D eigenvalue weighted by Crippen LogP contribution is 2.15. The molecular weight excluding hydrogens is 316 g/mol. The second kappa shape index (κ2) is 10.0. The van der Waals surface area contributed by atoms with Crippen LogP contribution in [0.15, 0.2) is 29.2 Å². The fourth-order valence-corrected chi connectivity index (χ4v) is 3.19. The molecule has 0 saturated carbocycles. The van der Waals surface area contributed by atoms with Gasteiger partial charge in [-0.15, -0.1) is 0 Å². The molecule has 23 heavy (non-hydrogen) atoms. The molecule has 0 amide bonds. The molecule has 0 unspecified atom stereocenters. The Balaban J connectivity index is 2.37. The zero-order valence-electron chi connectivity index (χ0n) is 13.9. The van der Waals surface area contributed by atoms with Crippen LogP contribution in [-0.2, 0) is 14.3 Å². The smallest absolute Gasteiger partial charge is 0.297 e. The Morgan fingerprint density at radius 1 is 1.04 bits per heavy atom. The van der Waals surface area contributed by atoms with Crippen LogP contribution in [0.25, 0.3) is 0 Å². The maximum atomic E-state index is 12.0. The van der Waals surface area contributed by atoms with Crippen LogP contribution in [0.2, 0.25) is 0 Å². The summed E-state index contributed by atoms with van der Waals surface area (Å²) in [7, 11) is -3.87. The van der Waals surface area contributed by atoms with Crippen molar-refractivity contribution in [1.82, 2.24) is 0 Å². The Labute approximate surface area is 139 Å². The molecule has 0 aliphatic heterocycles. The highest BCUT2D eigenvalue weighted by Gasteiger charge is 2.19. The van der Waals surface area contributed by atoms with E-state index in [1.807, 2.05) is 6.92 Å².